The van der Waals surface area contributed by atoms with Crippen LogP contribution in [0.1, 0.15) is 12.8 Å². The first-order valence-electron chi connectivity index (χ1n) is 4.30. The first-order chi connectivity index (χ1) is 6.36. The van der Waals surface area contributed by atoms with Crippen molar-refractivity contribution in [1.29, 1.82) is 0 Å². The van der Waals surface area contributed by atoms with E-state index in [9.17, 15) is 0 Å². The average molecular weight is 310 g/mol. The summed E-state index contributed by atoms with van der Waals surface area (Å²) in [4.78, 5) is 0. The molecule has 1 aliphatic rings. The van der Waals surface area contributed by atoms with E-state index < -0.39 is 0 Å². The van der Waals surface area contributed by atoms with E-state index in [2.05, 4.69) is 37.7 Å². The van der Waals surface area contributed by atoms with Crippen molar-refractivity contribution in [3.63, 3.8) is 0 Å². The molecule has 0 atom stereocenters. The van der Waals surface area contributed by atoms with Gasteiger partial charge in [0.05, 0.1) is 3.57 Å². The monoisotopic (exact) mass is 310 g/mol. The summed E-state index contributed by atoms with van der Waals surface area (Å²) in [6.45, 7) is 1.75. The fourth-order valence-electron chi connectivity index (χ4n) is 1.36. The zero-order valence-electron chi connectivity index (χ0n) is 7.12. The van der Waals surface area contributed by atoms with Gasteiger partial charge in [-0.2, -0.15) is 4.37 Å². The van der Waals surface area contributed by atoms with Gasteiger partial charge in [-0.1, -0.05) is 0 Å². The molecule has 0 amide bonds. The number of ether oxygens (including phenoxy) is 1. The predicted molar refractivity (Wildman–Crippen MR) is 62.3 cm³/mol. The number of rotatable bonds is 2. The maximum Gasteiger partial charge on any atom is 0.153 e. The van der Waals surface area contributed by atoms with Gasteiger partial charge in [0.2, 0.25) is 0 Å². The third kappa shape index (κ3) is 2.54. The van der Waals surface area contributed by atoms with Gasteiger partial charge in [0.1, 0.15) is 0 Å². The van der Waals surface area contributed by atoms with Crippen LogP contribution in [0.2, 0.25) is 0 Å². The lowest BCUT2D eigenvalue weighted by molar-refractivity contribution is 0.0904. The van der Waals surface area contributed by atoms with Gasteiger partial charge in [-0.25, -0.2) is 0 Å². The minimum absolute atomic E-state index is 0.546. The predicted octanol–water partition coefficient (Wildman–Crippen LogP) is 2.34. The molecule has 13 heavy (non-hydrogen) atoms. The second-order valence-electron chi connectivity index (χ2n) is 3.04. The third-order valence-corrected chi connectivity index (χ3v) is 3.96. The molecule has 5 heteroatoms. The Hall–Kier alpha value is 0.120. The molecule has 2 rings (SSSR count). The Morgan fingerprint density at radius 1 is 1.54 bits per heavy atom. The van der Waals surface area contributed by atoms with Crippen LogP contribution in [-0.4, -0.2) is 23.6 Å². The fourth-order valence-corrected chi connectivity index (χ4v) is 2.65. The lowest BCUT2D eigenvalue weighted by Crippen LogP contribution is -2.28. The lowest BCUT2D eigenvalue weighted by atomic mass is 10.1. The van der Waals surface area contributed by atoms with Crippen molar-refractivity contribution in [3.8, 4) is 0 Å². The van der Waals surface area contributed by atoms with Crippen molar-refractivity contribution in [3.05, 3.63) is 8.95 Å². The van der Waals surface area contributed by atoms with Crippen LogP contribution >= 0.6 is 34.1 Å². The SMILES string of the molecule is Ic1csnc1NC1CCOCC1. The number of nitrogens with one attached hydrogen (secondary N) is 1. The van der Waals surface area contributed by atoms with E-state index >= 15 is 0 Å². The number of hydrogen-bond donors (Lipinski definition) is 1. The molecule has 0 spiro atoms. The number of hydrogen-bond acceptors (Lipinski definition) is 4. The van der Waals surface area contributed by atoms with Crippen LogP contribution in [0.15, 0.2) is 5.38 Å². The van der Waals surface area contributed by atoms with Gasteiger partial charge in [0.15, 0.2) is 5.82 Å². The maximum atomic E-state index is 5.29. The highest BCUT2D eigenvalue weighted by molar-refractivity contribution is 14.1. The van der Waals surface area contributed by atoms with E-state index in [1.165, 1.54) is 15.1 Å². The molecule has 1 fully saturated rings. The summed E-state index contributed by atoms with van der Waals surface area (Å²) >= 11 is 3.81. The van der Waals surface area contributed by atoms with E-state index in [1.54, 1.807) is 0 Å². The Balaban J connectivity index is 1.93. The molecule has 2 heterocycles. The van der Waals surface area contributed by atoms with Crippen LogP contribution in [-0.2, 0) is 4.74 Å². The van der Waals surface area contributed by atoms with Gasteiger partial charge < -0.3 is 10.1 Å². The van der Waals surface area contributed by atoms with Crippen molar-refractivity contribution in [1.82, 2.24) is 4.37 Å². The number of anilines is 1. The summed E-state index contributed by atoms with van der Waals surface area (Å²) in [7, 11) is 0. The topological polar surface area (TPSA) is 34.2 Å². The molecule has 3 nitrogen and oxygen atoms in total. The van der Waals surface area contributed by atoms with Crippen molar-refractivity contribution in [2.45, 2.75) is 18.9 Å². The summed E-state index contributed by atoms with van der Waals surface area (Å²) in [5, 5.41) is 5.50. The number of nitrogens with zero attached hydrogens (tertiary/aromatic N) is 1. The highest BCUT2D eigenvalue weighted by Crippen LogP contribution is 2.21. The Labute approximate surface area is 95.2 Å². The molecule has 72 valence electrons. The molecule has 0 aliphatic carbocycles. The first-order valence-corrected chi connectivity index (χ1v) is 6.22. The summed E-state index contributed by atoms with van der Waals surface area (Å²) in [6, 6.07) is 0.546. The van der Waals surface area contributed by atoms with Crippen molar-refractivity contribution in [2.24, 2.45) is 0 Å². The highest BCUT2D eigenvalue weighted by atomic mass is 127. The van der Waals surface area contributed by atoms with Gasteiger partial charge in [-0.3, -0.25) is 0 Å². The minimum atomic E-state index is 0.546. The van der Waals surface area contributed by atoms with Crippen LogP contribution in [0.3, 0.4) is 0 Å². The average Bonchev–Trinajstić information content (AvgIpc) is 2.54. The fraction of sp³-hybridized carbons (Fsp3) is 0.625. The van der Waals surface area contributed by atoms with Gasteiger partial charge in [0, 0.05) is 24.6 Å². The third-order valence-electron chi connectivity index (χ3n) is 2.09. The van der Waals surface area contributed by atoms with E-state index in [1.807, 2.05) is 0 Å². The molecule has 0 radical (unpaired) electrons. The second-order valence-corrected chi connectivity index (χ2v) is 4.83. The van der Waals surface area contributed by atoms with Crippen LogP contribution in [0, 0.1) is 3.57 Å². The van der Waals surface area contributed by atoms with E-state index in [-0.39, 0.29) is 0 Å². The molecule has 1 saturated heterocycles. The van der Waals surface area contributed by atoms with Crippen molar-refractivity contribution >= 4 is 39.9 Å². The number of halogens is 1. The summed E-state index contributed by atoms with van der Waals surface area (Å²) in [6.07, 6.45) is 2.18. The minimum Gasteiger partial charge on any atom is -0.381 e. The van der Waals surface area contributed by atoms with Gasteiger partial charge in [0.25, 0.3) is 0 Å². The zero-order chi connectivity index (χ0) is 9.10. The van der Waals surface area contributed by atoms with Gasteiger partial charge in [-0.15, -0.1) is 0 Å². The molecule has 1 aromatic rings. The Morgan fingerprint density at radius 3 is 2.92 bits per heavy atom. The highest BCUT2D eigenvalue weighted by Gasteiger charge is 2.15. The van der Waals surface area contributed by atoms with E-state index in [4.69, 9.17) is 4.74 Å². The molecule has 1 N–H and O–H groups in total. The lowest BCUT2D eigenvalue weighted by Gasteiger charge is -2.23. The Morgan fingerprint density at radius 2 is 2.31 bits per heavy atom. The number of aromatic nitrogens is 1. The van der Waals surface area contributed by atoms with Crippen LogP contribution in [0.4, 0.5) is 5.82 Å². The molecule has 0 bridgehead atoms. The maximum absolute atomic E-state index is 5.29. The smallest absolute Gasteiger partial charge is 0.153 e. The van der Waals surface area contributed by atoms with E-state index in [0.29, 0.717) is 6.04 Å². The standard InChI is InChI=1S/C8H11IN2OS/c9-7-5-13-11-8(7)10-6-1-3-12-4-2-6/h5-6H,1-4H2,(H,10,11). The quantitative estimate of drug-likeness (QED) is 0.852. The molecule has 0 unspecified atom stereocenters. The summed E-state index contributed by atoms with van der Waals surface area (Å²) in [5.41, 5.74) is 0. The van der Waals surface area contributed by atoms with Crippen molar-refractivity contribution < 1.29 is 4.74 Å². The molecule has 1 aliphatic heterocycles. The van der Waals surface area contributed by atoms with E-state index in [0.717, 1.165) is 31.9 Å². The molecular formula is C8H11IN2OS. The Bertz CT molecular complexity index is 273. The Kier molecular flexibility index (Phi) is 3.39. The van der Waals surface area contributed by atoms with Crippen molar-refractivity contribution in [2.75, 3.05) is 18.5 Å². The van der Waals surface area contributed by atoms with Gasteiger partial charge >= 0.3 is 0 Å². The van der Waals surface area contributed by atoms with Crippen LogP contribution < -0.4 is 5.32 Å². The largest absolute Gasteiger partial charge is 0.381 e. The molecule has 0 aromatic carbocycles. The first kappa shape index (κ1) is 9.67. The van der Waals surface area contributed by atoms with Crippen LogP contribution in [0.5, 0.6) is 0 Å². The van der Waals surface area contributed by atoms with Gasteiger partial charge in [-0.05, 0) is 47.0 Å². The molecular weight excluding hydrogens is 299 g/mol. The summed E-state index contributed by atoms with van der Waals surface area (Å²) < 4.78 is 10.8. The second kappa shape index (κ2) is 4.56. The normalized spacial score (nSPS) is 18.8. The van der Waals surface area contributed by atoms with Crippen LogP contribution in [0.25, 0.3) is 0 Å². The zero-order valence-corrected chi connectivity index (χ0v) is 10.1. The molecule has 0 saturated carbocycles. The molecule has 1 aromatic heterocycles. The summed E-state index contributed by atoms with van der Waals surface area (Å²) in [5.74, 6) is 1.04.